The predicted molar refractivity (Wildman–Crippen MR) is 119 cm³/mol. The first kappa shape index (κ1) is 22.6. The number of nitrogens with one attached hydrogen (secondary N) is 1. The Kier molecular flexibility index (Phi) is 8.96. The number of hydrogen-bond donors (Lipinski definition) is 2. The molecule has 1 fully saturated rings. The summed E-state index contributed by atoms with van der Waals surface area (Å²) in [5.74, 6) is 0.118. The summed E-state index contributed by atoms with van der Waals surface area (Å²) in [4.78, 5) is 20.4. The molecule has 0 radical (unpaired) electrons. The van der Waals surface area contributed by atoms with Crippen LogP contribution in [0.25, 0.3) is 0 Å². The van der Waals surface area contributed by atoms with Gasteiger partial charge in [-0.2, -0.15) is 0 Å². The first-order valence-electron chi connectivity index (χ1n) is 10.9. The number of Topliss-reactive ketones (excluding diaryl/α,β-unsaturated/α-hetero) is 1. The largest absolute Gasteiger partial charge is 0.392 e. The lowest BCUT2D eigenvalue weighted by atomic mass is 10.00. The number of rotatable bonds is 11. The van der Waals surface area contributed by atoms with Gasteiger partial charge in [0.1, 0.15) is 5.78 Å². The summed E-state index contributed by atoms with van der Waals surface area (Å²) in [5, 5.41) is 14.1. The van der Waals surface area contributed by atoms with Crippen LogP contribution in [0.2, 0.25) is 0 Å². The van der Waals surface area contributed by atoms with Crippen LogP contribution in [0.3, 0.4) is 0 Å². The topological polar surface area (TPSA) is 68.7 Å². The van der Waals surface area contributed by atoms with Gasteiger partial charge in [0, 0.05) is 57.7 Å². The van der Waals surface area contributed by atoms with E-state index in [1.165, 1.54) is 11.1 Å². The Balaban J connectivity index is 1.44. The number of carbonyl (C=O) groups excluding carboxylic acids is 1. The summed E-state index contributed by atoms with van der Waals surface area (Å²) in [6.07, 6.45) is 4.77. The van der Waals surface area contributed by atoms with Gasteiger partial charge in [0.05, 0.1) is 12.6 Å². The maximum Gasteiger partial charge on any atom is 0.143 e. The molecule has 2 atom stereocenters. The molecule has 1 aliphatic rings. The molecular weight excluding hydrogens is 376 g/mol. The third-order valence-electron chi connectivity index (χ3n) is 5.58. The Morgan fingerprint density at radius 1 is 1.07 bits per heavy atom. The highest BCUT2D eigenvalue weighted by Gasteiger charge is 2.22. The summed E-state index contributed by atoms with van der Waals surface area (Å²) in [6.45, 7) is 7.45. The van der Waals surface area contributed by atoms with E-state index in [4.69, 9.17) is 0 Å². The summed E-state index contributed by atoms with van der Waals surface area (Å²) >= 11 is 0. The highest BCUT2D eigenvalue weighted by molar-refractivity contribution is 5.77. The molecular formula is C24H34N4O2. The molecule has 0 spiro atoms. The molecule has 3 rings (SSSR count). The molecule has 1 aromatic carbocycles. The Labute approximate surface area is 179 Å². The zero-order valence-electron chi connectivity index (χ0n) is 17.9. The molecule has 0 amide bonds. The number of aliphatic hydroxyl groups excluding tert-OH is 1. The molecule has 0 bridgehead atoms. The van der Waals surface area contributed by atoms with Crippen molar-refractivity contribution in [3.63, 3.8) is 0 Å². The average molecular weight is 411 g/mol. The van der Waals surface area contributed by atoms with Gasteiger partial charge in [0.15, 0.2) is 0 Å². The van der Waals surface area contributed by atoms with E-state index in [1.807, 2.05) is 30.5 Å². The van der Waals surface area contributed by atoms with Crippen LogP contribution in [0, 0.1) is 0 Å². The van der Waals surface area contributed by atoms with Crippen LogP contribution in [0.1, 0.15) is 24.5 Å². The van der Waals surface area contributed by atoms with Gasteiger partial charge < -0.3 is 10.4 Å². The van der Waals surface area contributed by atoms with Crippen molar-refractivity contribution in [3.8, 4) is 0 Å². The second-order valence-corrected chi connectivity index (χ2v) is 8.30. The zero-order valence-corrected chi connectivity index (χ0v) is 17.9. The molecule has 0 saturated carbocycles. The maximum atomic E-state index is 11.4. The average Bonchev–Trinajstić information content (AvgIpc) is 2.75. The van der Waals surface area contributed by atoms with E-state index in [9.17, 15) is 9.90 Å². The molecule has 2 heterocycles. The third kappa shape index (κ3) is 7.95. The minimum Gasteiger partial charge on any atom is -0.392 e. The van der Waals surface area contributed by atoms with Crippen LogP contribution >= 0.6 is 0 Å². The van der Waals surface area contributed by atoms with Crippen molar-refractivity contribution in [2.45, 2.75) is 38.5 Å². The summed E-state index contributed by atoms with van der Waals surface area (Å²) in [7, 11) is 0. The Hall–Kier alpha value is -2.12. The highest BCUT2D eigenvalue weighted by Crippen LogP contribution is 2.12. The number of aromatic nitrogens is 1. The number of ketones is 1. The molecule has 1 unspecified atom stereocenters. The molecule has 1 aromatic heterocycles. The molecule has 1 saturated heterocycles. The highest BCUT2D eigenvalue weighted by atomic mass is 16.3. The van der Waals surface area contributed by atoms with Gasteiger partial charge >= 0.3 is 0 Å². The number of hydrogen-bond acceptors (Lipinski definition) is 6. The zero-order chi connectivity index (χ0) is 21.2. The van der Waals surface area contributed by atoms with E-state index in [-0.39, 0.29) is 11.8 Å². The van der Waals surface area contributed by atoms with Gasteiger partial charge in [0.2, 0.25) is 0 Å². The Morgan fingerprint density at radius 3 is 2.43 bits per heavy atom. The minimum absolute atomic E-state index is 0.0816. The maximum absolute atomic E-state index is 11.4. The van der Waals surface area contributed by atoms with Crippen LogP contribution in [0.4, 0.5) is 0 Å². The number of β-amino-alcohol motifs (C(OH)–C–C–N with tert-alkyl or cyclic N) is 1. The lowest BCUT2D eigenvalue weighted by Gasteiger charge is -2.36. The fourth-order valence-electron chi connectivity index (χ4n) is 4.01. The number of piperazine rings is 1. The Morgan fingerprint density at radius 2 is 1.77 bits per heavy atom. The molecule has 2 N–H and O–H groups in total. The molecule has 6 heteroatoms. The lowest BCUT2D eigenvalue weighted by molar-refractivity contribution is -0.116. The van der Waals surface area contributed by atoms with Gasteiger partial charge in [-0.1, -0.05) is 36.4 Å². The SMILES string of the molecule is CC(=O)CNC(Cc1ccccc1)C[C@H](O)CN1CCN(Cc2cccnc2)CC1. The molecule has 1 aliphatic heterocycles. The van der Waals surface area contributed by atoms with Gasteiger partial charge in [-0.15, -0.1) is 0 Å². The van der Waals surface area contributed by atoms with Crippen LogP contribution in [0.5, 0.6) is 0 Å². The standard InChI is InChI=1S/C24H34N4O2/c1-20(29)16-26-23(14-21-6-3-2-4-7-21)15-24(30)19-28-12-10-27(11-13-28)18-22-8-5-9-25-17-22/h2-9,17,23-24,26,30H,10-16,18-19H2,1H3/t23?,24-/m0/s1. The van der Waals surface area contributed by atoms with Crippen molar-refractivity contribution in [2.75, 3.05) is 39.3 Å². The van der Waals surface area contributed by atoms with E-state index in [0.717, 1.165) is 39.1 Å². The van der Waals surface area contributed by atoms with Gasteiger partial charge in [-0.3, -0.25) is 19.6 Å². The van der Waals surface area contributed by atoms with Crippen LogP contribution in [-0.2, 0) is 17.8 Å². The molecule has 30 heavy (non-hydrogen) atoms. The molecule has 0 aliphatic carbocycles. The molecule has 162 valence electrons. The molecule has 2 aromatic rings. The normalized spacial score (nSPS) is 17.5. The van der Waals surface area contributed by atoms with Crippen LogP contribution in [-0.4, -0.2) is 77.1 Å². The number of benzene rings is 1. The van der Waals surface area contributed by atoms with Crippen molar-refractivity contribution in [2.24, 2.45) is 0 Å². The second kappa shape index (κ2) is 11.9. The number of nitrogens with zero attached hydrogens (tertiary/aromatic N) is 3. The minimum atomic E-state index is -0.414. The summed E-state index contributed by atoms with van der Waals surface area (Å²) in [6, 6.07) is 14.4. The Bertz CT molecular complexity index is 748. The van der Waals surface area contributed by atoms with E-state index in [0.29, 0.717) is 19.5 Å². The van der Waals surface area contributed by atoms with Gasteiger partial charge in [-0.05, 0) is 37.0 Å². The second-order valence-electron chi connectivity index (χ2n) is 8.30. The lowest BCUT2D eigenvalue weighted by Crippen LogP contribution is -2.49. The van der Waals surface area contributed by atoms with Crippen molar-refractivity contribution in [1.29, 1.82) is 0 Å². The first-order valence-corrected chi connectivity index (χ1v) is 10.9. The predicted octanol–water partition coefficient (Wildman–Crippen LogP) is 1.74. The number of carbonyl (C=O) groups is 1. The first-order chi connectivity index (χ1) is 14.6. The summed E-state index contributed by atoms with van der Waals surface area (Å²) in [5.41, 5.74) is 2.46. The van der Waals surface area contributed by atoms with Crippen molar-refractivity contribution in [1.82, 2.24) is 20.1 Å². The van der Waals surface area contributed by atoms with E-state index in [2.05, 4.69) is 38.3 Å². The quantitative estimate of drug-likeness (QED) is 0.588. The van der Waals surface area contributed by atoms with Crippen molar-refractivity contribution >= 4 is 5.78 Å². The number of aliphatic hydroxyl groups is 1. The van der Waals surface area contributed by atoms with E-state index < -0.39 is 6.10 Å². The molecule has 6 nitrogen and oxygen atoms in total. The summed E-state index contributed by atoms with van der Waals surface area (Å²) < 4.78 is 0. The van der Waals surface area contributed by atoms with Crippen molar-refractivity contribution < 1.29 is 9.90 Å². The van der Waals surface area contributed by atoms with Crippen LogP contribution < -0.4 is 5.32 Å². The number of pyridine rings is 1. The fraction of sp³-hybridized carbons (Fsp3) is 0.500. The van der Waals surface area contributed by atoms with E-state index in [1.54, 1.807) is 13.1 Å². The van der Waals surface area contributed by atoms with Gasteiger partial charge in [0.25, 0.3) is 0 Å². The van der Waals surface area contributed by atoms with Crippen molar-refractivity contribution in [3.05, 3.63) is 66.0 Å². The monoisotopic (exact) mass is 410 g/mol. The fourth-order valence-corrected chi connectivity index (χ4v) is 4.01. The van der Waals surface area contributed by atoms with E-state index >= 15 is 0 Å². The van der Waals surface area contributed by atoms with Crippen LogP contribution in [0.15, 0.2) is 54.9 Å². The smallest absolute Gasteiger partial charge is 0.143 e. The van der Waals surface area contributed by atoms with Gasteiger partial charge in [-0.25, -0.2) is 0 Å². The third-order valence-corrected chi connectivity index (χ3v) is 5.58.